The molecule has 1 rings (SSSR count). The number of ether oxygens (including phenoxy) is 1. The maximum Gasteiger partial charge on any atom is 0.297 e. The molecule has 0 aromatic rings. The lowest BCUT2D eigenvalue weighted by Crippen LogP contribution is -2.54. The van der Waals surface area contributed by atoms with Crippen molar-refractivity contribution < 1.29 is 30.0 Å². The Bertz CT molecular complexity index is 197. The predicted molar refractivity (Wildman–Crippen MR) is 35.8 cm³/mol. The highest BCUT2D eigenvalue weighted by Crippen LogP contribution is 2.16. The van der Waals surface area contributed by atoms with Gasteiger partial charge in [0, 0.05) is 0 Å². The van der Waals surface area contributed by atoms with Crippen LogP contribution in [0.5, 0.6) is 0 Å². The standard InChI is InChI=1S/C5H9NO7/c7-2-1-12-5(13-6(10)11)4(9)3(2)8/h2-5,7-9H,1H2/t2-,3+,4-,5+/m1/s1. The maximum atomic E-state index is 9.85. The van der Waals surface area contributed by atoms with Crippen LogP contribution in [0, 0.1) is 10.1 Å². The SMILES string of the molecule is O=[N+]([O-])O[C@@H]1OC[C@@H](O)[C@H](O)[C@H]1O. The topological polar surface area (TPSA) is 122 Å². The molecule has 76 valence electrons. The smallest absolute Gasteiger partial charge is 0.297 e. The summed E-state index contributed by atoms with van der Waals surface area (Å²) in [6.45, 7) is -0.323. The highest BCUT2D eigenvalue weighted by Gasteiger charge is 2.39. The number of aliphatic hydroxyl groups is 3. The van der Waals surface area contributed by atoms with E-state index < -0.39 is 29.7 Å². The van der Waals surface area contributed by atoms with Crippen molar-refractivity contribution in [2.75, 3.05) is 6.61 Å². The fraction of sp³-hybridized carbons (Fsp3) is 1.00. The summed E-state index contributed by atoms with van der Waals surface area (Å²) in [7, 11) is 0. The summed E-state index contributed by atoms with van der Waals surface area (Å²) in [5.41, 5.74) is 0. The third-order valence-electron chi connectivity index (χ3n) is 1.64. The highest BCUT2D eigenvalue weighted by molar-refractivity contribution is 4.81. The third-order valence-corrected chi connectivity index (χ3v) is 1.64. The van der Waals surface area contributed by atoms with Crippen molar-refractivity contribution in [3.8, 4) is 0 Å². The van der Waals surface area contributed by atoms with Gasteiger partial charge < -0.3 is 20.1 Å². The van der Waals surface area contributed by atoms with Crippen LogP contribution in [0.15, 0.2) is 0 Å². The molecule has 0 amide bonds. The van der Waals surface area contributed by atoms with Gasteiger partial charge in [0.15, 0.2) is 0 Å². The number of hydrogen-bond acceptors (Lipinski definition) is 7. The fourth-order valence-electron chi connectivity index (χ4n) is 0.957. The molecule has 4 atom stereocenters. The predicted octanol–water partition coefficient (Wildman–Crippen LogP) is -2.37. The molecule has 0 aromatic carbocycles. The first-order valence-electron chi connectivity index (χ1n) is 3.49. The Morgan fingerprint density at radius 3 is 2.54 bits per heavy atom. The molecule has 1 heterocycles. The molecule has 0 aliphatic carbocycles. The van der Waals surface area contributed by atoms with Crippen LogP contribution in [0.4, 0.5) is 0 Å². The molecule has 8 nitrogen and oxygen atoms in total. The van der Waals surface area contributed by atoms with Crippen LogP contribution in [-0.2, 0) is 9.57 Å². The van der Waals surface area contributed by atoms with Gasteiger partial charge in [0.25, 0.3) is 5.09 Å². The fourth-order valence-corrected chi connectivity index (χ4v) is 0.957. The van der Waals surface area contributed by atoms with Crippen LogP contribution in [0.1, 0.15) is 0 Å². The van der Waals surface area contributed by atoms with Crippen LogP contribution in [0.2, 0.25) is 0 Å². The van der Waals surface area contributed by atoms with Crippen molar-refractivity contribution >= 4 is 0 Å². The number of hydrogen-bond donors (Lipinski definition) is 3. The lowest BCUT2D eigenvalue weighted by atomic mass is 10.1. The van der Waals surface area contributed by atoms with E-state index >= 15 is 0 Å². The van der Waals surface area contributed by atoms with Gasteiger partial charge >= 0.3 is 0 Å². The van der Waals surface area contributed by atoms with Crippen molar-refractivity contribution in [1.29, 1.82) is 0 Å². The lowest BCUT2D eigenvalue weighted by molar-refractivity contribution is -0.784. The van der Waals surface area contributed by atoms with Crippen LogP contribution < -0.4 is 0 Å². The average molecular weight is 195 g/mol. The van der Waals surface area contributed by atoms with E-state index in [0.29, 0.717) is 0 Å². The minimum absolute atomic E-state index is 0.323. The third kappa shape index (κ3) is 2.25. The molecular formula is C5H9NO7. The maximum absolute atomic E-state index is 9.85. The van der Waals surface area contributed by atoms with E-state index in [2.05, 4.69) is 9.57 Å². The van der Waals surface area contributed by atoms with Crippen molar-refractivity contribution in [3.63, 3.8) is 0 Å². The molecule has 0 unspecified atom stereocenters. The first-order valence-corrected chi connectivity index (χ1v) is 3.49. The summed E-state index contributed by atoms with van der Waals surface area (Å²) in [5.74, 6) is 0. The van der Waals surface area contributed by atoms with Crippen LogP contribution >= 0.6 is 0 Å². The summed E-state index contributed by atoms with van der Waals surface area (Å²) in [6, 6.07) is 0. The normalized spacial score (nSPS) is 39.9. The van der Waals surface area contributed by atoms with Gasteiger partial charge in [0.2, 0.25) is 6.29 Å². The molecule has 8 heteroatoms. The quantitative estimate of drug-likeness (QED) is 0.332. The van der Waals surface area contributed by atoms with Crippen LogP contribution in [-0.4, -0.2) is 51.6 Å². The van der Waals surface area contributed by atoms with E-state index in [-0.39, 0.29) is 6.61 Å². The minimum Gasteiger partial charge on any atom is -0.388 e. The second-order valence-electron chi connectivity index (χ2n) is 2.58. The Hall–Kier alpha value is -0.960. The average Bonchev–Trinajstić information content (AvgIpc) is 2.06. The second-order valence-corrected chi connectivity index (χ2v) is 2.58. The van der Waals surface area contributed by atoms with Gasteiger partial charge in [-0.15, -0.1) is 10.1 Å². The molecule has 0 aromatic heterocycles. The largest absolute Gasteiger partial charge is 0.388 e. The summed E-state index contributed by atoms with van der Waals surface area (Å²) < 4.78 is 4.56. The zero-order valence-corrected chi connectivity index (χ0v) is 6.44. The molecular weight excluding hydrogens is 186 g/mol. The zero-order valence-electron chi connectivity index (χ0n) is 6.44. The summed E-state index contributed by atoms with van der Waals surface area (Å²) in [6.07, 6.45) is -5.94. The van der Waals surface area contributed by atoms with Crippen molar-refractivity contribution in [2.45, 2.75) is 24.6 Å². The Labute approximate surface area is 72.4 Å². The minimum atomic E-state index is -1.63. The number of nitrogens with zero attached hydrogens (tertiary/aromatic N) is 1. The summed E-state index contributed by atoms with van der Waals surface area (Å²) in [4.78, 5) is 13.8. The van der Waals surface area contributed by atoms with E-state index in [4.69, 9.17) is 15.3 Å². The highest BCUT2D eigenvalue weighted by atomic mass is 17.0. The van der Waals surface area contributed by atoms with Gasteiger partial charge in [-0.3, -0.25) is 4.84 Å². The molecule has 1 saturated heterocycles. The van der Waals surface area contributed by atoms with Crippen molar-refractivity contribution in [2.24, 2.45) is 0 Å². The lowest BCUT2D eigenvalue weighted by Gasteiger charge is -2.33. The molecule has 0 bridgehead atoms. The van der Waals surface area contributed by atoms with Crippen LogP contribution in [0.25, 0.3) is 0 Å². The van der Waals surface area contributed by atoms with E-state index in [1.165, 1.54) is 0 Å². The Morgan fingerprint density at radius 2 is 2.00 bits per heavy atom. The van der Waals surface area contributed by atoms with E-state index in [9.17, 15) is 10.1 Å². The van der Waals surface area contributed by atoms with Crippen molar-refractivity contribution in [3.05, 3.63) is 10.1 Å². The molecule has 0 radical (unpaired) electrons. The van der Waals surface area contributed by atoms with Gasteiger partial charge in [-0.05, 0) is 0 Å². The van der Waals surface area contributed by atoms with Gasteiger partial charge in [0.1, 0.15) is 18.3 Å². The Morgan fingerprint density at radius 1 is 1.38 bits per heavy atom. The monoisotopic (exact) mass is 195 g/mol. The Balaban J connectivity index is 2.53. The molecule has 1 fully saturated rings. The number of aliphatic hydroxyl groups excluding tert-OH is 3. The van der Waals surface area contributed by atoms with Gasteiger partial charge in [0.05, 0.1) is 6.61 Å². The van der Waals surface area contributed by atoms with Gasteiger partial charge in [-0.2, -0.15) is 0 Å². The first-order chi connectivity index (χ1) is 6.02. The molecule has 3 N–H and O–H groups in total. The summed E-state index contributed by atoms with van der Waals surface area (Å²) in [5, 5.41) is 35.8. The second kappa shape index (κ2) is 3.83. The van der Waals surface area contributed by atoms with Gasteiger partial charge in [-0.25, -0.2) is 0 Å². The molecule has 0 spiro atoms. The molecule has 0 saturated carbocycles. The molecule has 1 aliphatic rings. The van der Waals surface area contributed by atoms with E-state index in [1.54, 1.807) is 0 Å². The molecule has 13 heavy (non-hydrogen) atoms. The first kappa shape index (κ1) is 10.1. The van der Waals surface area contributed by atoms with E-state index in [0.717, 1.165) is 0 Å². The van der Waals surface area contributed by atoms with E-state index in [1.807, 2.05) is 0 Å². The van der Waals surface area contributed by atoms with Crippen LogP contribution in [0.3, 0.4) is 0 Å². The number of rotatable bonds is 2. The van der Waals surface area contributed by atoms with Gasteiger partial charge in [-0.1, -0.05) is 0 Å². The van der Waals surface area contributed by atoms with Crippen molar-refractivity contribution in [1.82, 2.24) is 0 Å². The molecule has 1 aliphatic heterocycles. The zero-order chi connectivity index (χ0) is 10.0. The summed E-state index contributed by atoms with van der Waals surface area (Å²) >= 11 is 0. The Kier molecular flexibility index (Phi) is 2.98.